The van der Waals surface area contributed by atoms with Gasteiger partial charge in [0.2, 0.25) is 5.91 Å². The summed E-state index contributed by atoms with van der Waals surface area (Å²) in [6.07, 6.45) is 0.529. The molecule has 6 heteroatoms. The third-order valence-corrected chi connectivity index (χ3v) is 2.45. The number of nitrogens with two attached hydrogens (primary N) is 1. The number of carbonyl (C=O) groups excluding carboxylic acids is 2. The van der Waals surface area contributed by atoms with Gasteiger partial charge in [-0.2, -0.15) is 0 Å². The number of hydrogen-bond acceptors (Lipinski definition) is 4. The van der Waals surface area contributed by atoms with Gasteiger partial charge in [-0.15, -0.1) is 0 Å². The molecule has 5 nitrogen and oxygen atoms in total. The summed E-state index contributed by atoms with van der Waals surface area (Å²) >= 11 is 0. The maximum absolute atomic E-state index is 12.7. The van der Waals surface area contributed by atoms with Gasteiger partial charge in [0.1, 0.15) is 5.82 Å². The summed E-state index contributed by atoms with van der Waals surface area (Å²) in [7, 11) is 0. The SMILES string of the molecule is CCOC(=O)C(N)C(=O)NCCc1ccc(F)cc1. The number of rotatable bonds is 6. The first kappa shape index (κ1) is 15.1. The van der Waals surface area contributed by atoms with Crippen molar-refractivity contribution in [2.24, 2.45) is 5.73 Å². The summed E-state index contributed by atoms with van der Waals surface area (Å²) < 4.78 is 17.3. The molecule has 3 N–H and O–H groups in total. The number of halogens is 1. The zero-order valence-electron chi connectivity index (χ0n) is 10.7. The van der Waals surface area contributed by atoms with Crippen LogP contribution in [0.2, 0.25) is 0 Å². The van der Waals surface area contributed by atoms with E-state index in [2.05, 4.69) is 10.1 Å². The second-order valence-electron chi connectivity index (χ2n) is 3.90. The molecule has 1 unspecified atom stereocenters. The Morgan fingerprint density at radius 3 is 2.58 bits per heavy atom. The van der Waals surface area contributed by atoms with Gasteiger partial charge in [0.05, 0.1) is 6.61 Å². The van der Waals surface area contributed by atoms with E-state index >= 15 is 0 Å². The summed E-state index contributed by atoms with van der Waals surface area (Å²) in [5, 5.41) is 2.53. The lowest BCUT2D eigenvalue weighted by atomic mass is 10.1. The van der Waals surface area contributed by atoms with E-state index in [0.717, 1.165) is 5.56 Å². The van der Waals surface area contributed by atoms with Crippen LogP contribution in [0.4, 0.5) is 4.39 Å². The van der Waals surface area contributed by atoms with Crippen LogP contribution in [-0.4, -0.2) is 31.1 Å². The van der Waals surface area contributed by atoms with E-state index in [1.807, 2.05) is 0 Å². The molecule has 0 spiro atoms. The van der Waals surface area contributed by atoms with Crippen LogP contribution in [0.1, 0.15) is 12.5 Å². The summed E-state index contributed by atoms with van der Waals surface area (Å²) in [6.45, 7) is 2.13. The average molecular weight is 268 g/mol. The van der Waals surface area contributed by atoms with Crippen molar-refractivity contribution < 1.29 is 18.7 Å². The van der Waals surface area contributed by atoms with Crippen LogP contribution in [-0.2, 0) is 20.7 Å². The number of carbonyl (C=O) groups is 2. The van der Waals surface area contributed by atoms with Crippen LogP contribution >= 0.6 is 0 Å². The van der Waals surface area contributed by atoms with Crippen molar-refractivity contribution >= 4 is 11.9 Å². The average Bonchev–Trinajstić information content (AvgIpc) is 2.40. The zero-order chi connectivity index (χ0) is 14.3. The van der Waals surface area contributed by atoms with Crippen LogP contribution in [0.5, 0.6) is 0 Å². The second-order valence-corrected chi connectivity index (χ2v) is 3.90. The Morgan fingerprint density at radius 1 is 1.37 bits per heavy atom. The number of benzene rings is 1. The van der Waals surface area contributed by atoms with Crippen molar-refractivity contribution in [1.29, 1.82) is 0 Å². The molecule has 0 bridgehead atoms. The smallest absolute Gasteiger partial charge is 0.332 e. The van der Waals surface area contributed by atoms with Crippen molar-refractivity contribution in [3.8, 4) is 0 Å². The molecule has 1 aromatic rings. The van der Waals surface area contributed by atoms with E-state index < -0.39 is 17.9 Å². The van der Waals surface area contributed by atoms with Gasteiger partial charge >= 0.3 is 5.97 Å². The molecular formula is C13H17FN2O3. The molecule has 0 fully saturated rings. The quantitative estimate of drug-likeness (QED) is 0.577. The highest BCUT2D eigenvalue weighted by Gasteiger charge is 2.22. The van der Waals surface area contributed by atoms with Crippen molar-refractivity contribution in [3.63, 3.8) is 0 Å². The predicted octanol–water partition coefficient (Wildman–Crippen LogP) is 0.375. The standard InChI is InChI=1S/C13H17FN2O3/c1-2-19-13(18)11(15)12(17)16-8-7-9-3-5-10(14)6-4-9/h3-6,11H,2,7-8,15H2,1H3,(H,16,17). The predicted molar refractivity (Wildman–Crippen MR) is 67.7 cm³/mol. The maximum atomic E-state index is 12.7. The number of amides is 1. The molecule has 0 saturated heterocycles. The Labute approximate surface area is 110 Å². The van der Waals surface area contributed by atoms with Crippen molar-refractivity contribution in [2.75, 3.05) is 13.2 Å². The van der Waals surface area contributed by atoms with E-state index in [0.29, 0.717) is 13.0 Å². The summed E-state index contributed by atoms with van der Waals surface area (Å²) in [5.41, 5.74) is 6.29. The van der Waals surface area contributed by atoms with Gasteiger partial charge in [0.15, 0.2) is 6.04 Å². The lowest BCUT2D eigenvalue weighted by Crippen LogP contribution is -2.47. The number of nitrogens with one attached hydrogen (secondary N) is 1. The van der Waals surface area contributed by atoms with Crippen molar-refractivity contribution in [1.82, 2.24) is 5.32 Å². The summed E-state index contributed by atoms with van der Waals surface area (Å²) in [5.74, 6) is -1.64. The highest BCUT2D eigenvalue weighted by atomic mass is 19.1. The number of ether oxygens (including phenoxy) is 1. The van der Waals surface area contributed by atoms with E-state index in [1.54, 1.807) is 19.1 Å². The Kier molecular flexibility index (Phi) is 5.95. The first-order chi connectivity index (χ1) is 9.04. The fraction of sp³-hybridized carbons (Fsp3) is 0.385. The van der Waals surface area contributed by atoms with Gasteiger partial charge < -0.3 is 15.8 Å². The molecule has 1 amide bonds. The van der Waals surface area contributed by atoms with Crippen molar-refractivity contribution in [2.45, 2.75) is 19.4 Å². The Morgan fingerprint density at radius 2 is 2.00 bits per heavy atom. The fourth-order valence-corrected chi connectivity index (χ4v) is 1.43. The normalized spacial score (nSPS) is 11.7. The molecule has 0 aliphatic carbocycles. The van der Waals surface area contributed by atoms with Gasteiger partial charge in [0, 0.05) is 6.54 Å². The third-order valence-electron chi connectivity index (χ3n) is 2.45. The lowest BCUT2D eigenvalue weighted by molar-refractivity contribution is -0.147. The lowest BCUT2D eigenvalue weighted by Gasteiger charge is -2.11. The van der Waals surface area contributed by atoms with Gasteiger partial charge in [-0.05, 0) is 31.0 Å². The van der Waals surface area contributed by atoms with Crippen LogP contribution in [0.15, 0.2) is 24.3 Å². The zero-order valence-corrected chi connectivity index (χ0v) is 10.7. The molecule has 19 heavy (non-hydrogen) atoms. The molecule has 1 rings (SSSR count). The molecule has 0 aromatic heterocycles. The summed E-state index contributed by atoms with van der Waals surface area (Å²) in [6, 6.07) is 4.65. The van der Waals surface area contributed by atoms with Crippen LogP contribution < -0.4 is 11.1 Å². The number of hydrogen-bond donors (Lipinski definition) is 2. The Hall–Kier alpha value is -1.95. The molecule has 1 aromatic carbocycles. The van der Waals surface area contributed by atoms with Gasteiger partial charge in [0.25, 0.3) is 0 Å². The minimum absolute atomic E-state index is 0.176. The first-order valence-corrected chi connectivity index (χ1v) is 5.99. The summed E-state index contributed by atoms with van der Waals surface area (Å²) in [4.78, 5) is 22.7. The van der Waals surface area contributed by atoms with E-state index in [9.17, 15) is 14.0 Å². The highest BCUT2D eigenvalue weighted by Crippen LogP contribution is 2.02. The highest BCUT2D eigenvalue weighted by molar-refractivity contribution is 6.01. The molecule has 1 atom stereocenters. The van der Waals surface area contributed by atoms with Gasteiger partial charge in [-0.1, -0.05) is 12.1 Å². The van der Waals surface area contributed by atoms with Crippen LogP contribution in [0.25, 0.3) is 0 Å². The van der Waals surface area contributed by atoms with Crippen molar-refractivity contribution in [3.05, 3.63) is 35.6 Å². The molecule has 104 valence electrons. The molecular weight excluding hydrogens is 251 g/mol. The molecule has 0 radical (unpaired) electrons. The first-order valence-electron chi connectivity index (χ1n) is 5.99. The maximum Gasteiger partial charge on any atom is 0.332 e. The Bertz CT molecular complexity index is 434. The van der Waals surface area contributed by atoms with Crippen LogP contribution in [0, 0.1) is 5.82 Å². The number of esters is 1. The molecule has 0 aliphatic heterocycles. The second kappa shape index (κ2) is 7.48. The third kappa shape index (κ3) is 5.05. The minimum atomic E-state index is -1.31. The van der Waals surface area contributed by atoms with Gasteiger partial charge in [-0.3, -0.25) is 4.79 Å². The Balaban J connectivity index is 2.34. The van der Waals surface area contributed by atoms with Gasteiger partial charge in [-0.25, -0.2) is 9.18 Å². The van der Waals surface area contributed by atoms with E-state index in [1.165, 1.54) is 12.1 Å². The molecule has 0 aliphatic rings. The minimum Gasteiger partial charge on any atom is -0.464 e. The molecule has 0 heterocycles. The fourth-order valence-electron chi connectivity index (χ4n) is 1.43. The molecule has 0 saturated carbocycles. The van der Waals surface area contributed by atoms with Crippen LogP contribution in [0.3, 0.4) is 0 Å². The van der Waals surface area contributed by atoms with E-state index in [4.69, 9.17) is 5.73 Å². The monoisotopic (exact) mass is 268 g/mol. The topological polar surface area (TPSA) is 81.4 Å². The van der Waals surface area contributed by atoms with E-state index in [-0.39, 0.29) is 12.4 Å². The largest absolute Gasteiger partial charge is 0.464 e.